The molecule has 0 fully saturated rings. The number of benzene rings is 1. The number of sulfone groups is 1. The van der Waals surface area contributed by atoms with Crippen LogP contribution in [0.25, 0.3) is 0 Å². The van der Waals surface area contributed by atoms with E-state index in [4.69, 9.17) is 4.74 Å². The van der Waals surface area contributed by atoms with E-state index in [-0.39, 0.29) is 5.75 Å². The van der Waals surface area contributed by atoms with Crippen molar-refractivity contribution in [3.05, 3.63) is 40.3 Å². The van der Waals surface area contributed by atoms with Crippen molar-refractivity contribution in [2.45, 2.75) is 18.4 Å². The zero-order valence-corrected chi connectivity index (χ0v) is 14.6. The molecule has 7 heteroatoms. The SMILES string of the molecule is COc1cccc(S(=O)(=O)CCN(C)Cc2csc(C)n2)c1. The number of hydrogen-bond donors (Lipinski definition) is 0. The maximum Gasteiger partial charge on any atom is 0.179 e. The Balaban J connectivity index is 1.96. The van der Waals surface area contributed by atoms with E-state index >= 15 is 0 Å². The molecule has 5 nitrogen and oxygen atoms in total. The molecule has 1 aromatic heterocycles. The topological polar surface area (TPSA) is 59.5 Å². The summed E-state index contributed by atoms with van der Waals surface area (Å²) >= 11 is 1.60. The molecule has 22 heavy (non-hydrogen) atoms. The molecule has 0 N–H and O–H groups in total. The van der Waals surface area contributed by atoms with E-state index in [1.807, 2.05) is 24.3 Å². The first kappa shape index (κ1) is 16.9. The quantitative estimate of drug-likeness (QED) is 0.774. The number of thiazole rings is 1. The van der Waals surface area contributed by atoms with Crippen LogP contribution in [0.1, 0.15) is 10.7 Å². The van der Waals surface area contributed by atoms with Crippen LogP contribution in [-0.2, 0) is 16.4 Å². The number of hydrogen-bond acceptors (Lipinski definition) is 6. The lowest BCUT2D eigenvalue weighted by Gasteiger charge is -2.15. The Kier molecular flexibility index (Phi) is 5.55. The predicted molar refractivity (Wildman–Crippen MR) is 88.2 cm³/mol. The summed E-state index contributed by atoms with van der Waals surface area (Å²) in [5.41, 5.74) is 0.976. The fourth-order valence-electron chi connectivity index (χ4n) is 2.02. The largest absolute Gasteiger partial charge is 0.497 e. The second kappa shape index (κ2) is 7.21. The van der Waals surface area contributed by atoms with E-state index in [0.29, 0.717) is 23.7 Å². The highest BCUT2D eigenvalue weighted by Crippen LogP contribution is 2.18. The summed E-state index contributed by atoms with van der Waals surface area (Å²) in [6.07, 6.45) is 0. The number of nitrogens with zero attached hydrogens (tertiary/aromatic N) is 2. The third-order valence-corrected chi connectivity index (χ3v) is 5.76. The van der Waals surface area contributed by atoms with Gasteiger partial charge in [-0.15, -0.1) is 11.3 Å². The van der Waals surface area contributed by atoms with Gasteiger partial charge < -0.3 is 4.74 Å². The normalized spacial score (nSPS) is 11.8. The maximum atomic E-state index is 12.4. The smallest absolute Gasteiger partial charge is 0.179 e. The minimum absolute atomic E-state index is 0.0692. The first-order valence-corrected chi connectivity index (χ1v) is 9.40. The highest BCUT2D eigenvalue weighted by Gasteiger charge is 2.16. The Morgan fingerprint density at radius 3 is 2.77 bits per heavy atom. The van der Waals surface area contributed by atoms with E-state index in [0.717, 1.165) is 10.7 Å². The summed E-state index contributed by atoms with van der Waals surface area (Å²) in [7, 11) is 0.107. The van der Waals surface area contributed by atoms with Gasteiger partial charge in [0.1, 0.15) is 5.75 Å². The number of aryl methyl sites for hydroxylation is 1. The van der Waals surface area contributed by atoms with Crippen LogP contribution in [0, 0.1) is 6.92 Å². The molecular formula is C15H20N2O3S2. The Morgan fingerprint density at radius 1 is 1.36 bits per heavy atom. The second-order valence-corrected chi connectivity index (χ2v) is 8.26. The maximum absolute atomic E-state index is 12.4. The first-order chi connectivity index (χ1) is 10.4. The summed E-state index contributed by atoms with van der Waals surface area (Å²) in [5, 5.41) is 3.02. The van der Waals surface area contributed by atoms with E-state index in [1.54, 1.807) is 35.6 Å². The summed E-state index contributed by atoms with van der Waals surface area (Å²) < 4.78 is 29.8. The van der Waals surface area contributed by atoms with Crippen molar-refractivity contribution in [3.8, 4) is 5.75 Å². The zero-order chi connectivity index (χ0) is 16.2. The molecule has 0 aliphatic rings. The molecule has 0 saturated carbocycles. The van der Waals surface area contributed by atoms with Crippen LogP contribution >= 0.6 is 11.3 Å². The van der Waals surface area contributed by atoms with E-state index in [2.05, 4.69) is 4.98 Å². The predicted octanol–water partition coefficient (Wildman–Crippen LogP) is 2.37. The van der Waals surface area contributed by atoms with E-state index < -0.39 is 9.84 Å². The molecule has 0 amide bonds. The molecular weight excluding hydrogens is 320 g/mol. The Bertz CT molecular complexity index is 726. The zero-order valence-electron chi connectivity index (χ0n) is 12.9. The summed E-state index contributed by atoms with van der Waals surface area (Å²) in [6.45, 7) is 3.06. The molecule has 0 unspecified atom stereocenters. The fraction of sp³-hybridized carbons (Fsp3) is 0.400. The number of methoxy groups -OCH3 is 1. The lowest BCUT2D eigenvalue weighted by atomic mass is 10.3. The van der Waals surface area contributed by atoms with Gasteiger partial charge in [0.05, 0.1) is 28.5 Å². The average Bonchev–Trinajstić information content (AvgIpc) is 2.90. The summed E-state index contributed by atoms with van der Waals surface area (Å²) in [6, 6.07) is 6.57. The minimum atomic E-state index is -3.31. The van der Waals surface area contributed by atoms with Crippen molar-refractivity contribution in [1.82, 2.24) is 9.88 Å². The van der Waals surface area contributed by atoms with Gasteiger partial charge in [0, 0.05) is 18.5 Å². The van der Waals surface area contributed by atoms with Crippen LogP contribution in [0.4, 0.5) is 0 Å². The average molecular weight is 340 g/mol. The first-order valence-electron chi connectivity index (χ1n) is 6.87. The standard InChI is InChI=1S/C15H20N2O3S2/c1-12-16-13(11-21-12)10-17(2)7-8-22(18,19)15-6-4-5-14(9-15)20-3/h4-6,9,11H,7-8,10H2,1-3H3. The molecule has 0 aliphatic heterocycles. The lowest BCUT2D eigenvalue weighted by Crippen LogP contribution is -2.25. The molecule has 0 bridgehead atoms. The van der Waals surface area contributed by atoms with Crippen molar-refractivity contribution in [2.24, 2.45) is 0 Å². The van der Waals surface area contributed by atoms with Crippen LogP contribution in [0.5, 0.6) is 5.75 Å². The molecule has 0 aliphatic carbocycles. The van der Waals surface area contributed by atoms with Crippen LogP contribution in [-0.4, -0.2) is 44.8 Å². The van der Waals surface area contributed by atoms with Gasteiger partial charge in [-0.05, 0) is 32.2 Å². The van der Waals surface area contributed by atoms with Gasteiger partial charge in [0.25, 0.3) is 0 Å². The molecule has 0 atom stereocenters. The molecule has 0 radical (unpaired) electrons. The molecule has 2 aromatic rings. The number of ether oxygens (including phenoxy) is 1. The van der Waals surface area contributed by atoms with Crippen molar-refractivity contribution >= 4 is 21.2 Å². The third-order valence-electron chi connectivity index (χ3n) is 3.24. The van der Waals surface area contributed by atoms with Crippen molar-refractivity contribution < 1.29 is 13.2 Å². The van der Waals surface area contributed by atoms with Crippen LogP contribution in [0.2, 0.25) is 0 Å². The van der Waals surface area contributed by atoms with Gasteiger partial charge in [-0.2, -0.15) is 0 Å². The molecule has 2 rings (SSSR count). The second-order valence-electron chi connectivity index (χ2n) is 5.09. The van der Waals surface area contributed by atoms with Gasteiger partial charge in [-0.3, -0.25) is 4.90 Å². The van der Waals surface area contributed by atoms with E-state index in [9.17, 15) is 8.42 Å². The van der Waals surface area contributed by atoms with Gasteiger partial charge in [-0.1, -0.05) is 6.07 Å². The number of rotatable bonds is 7. The Labute approximate surface area is 135 Å². The van der Waals surface area contributed by atoms with Gasteiger partial charge in [-0.25, -0.2) is 13.4 Å². The van der Waals surface area contributed by atoms with Gasteiger partial charge >= 0.3 is 0 Å². The van der Waals surface area contributed by atoms with Crippen LogP contribution in [0.15, 0.2) is 34.5 Å². The van der Waals surface area contributed by atoms with Crippen molar-refractivity contribution in [1.29, 1.82) is 0 Å². The highest BCUT2D eigenvalue weighted by molar-refractivity contribution is 7.91. The Morgan fingerprint density at radius 2 is 2.14 bits per heavy atom. The lowest BCUT2D eigenvalue weighted by molar-refractivity contribution is 0.342. The van der Waals surface area contributed by atoms with Gasteiger partial charge in [0.2, 0.25) is 0 Å². The fourth-order valence-corrected chi connectivity index (χ4v) is 4.00. The van der Waals surface area contributed by atoms with Crippen LogP contribution < -0.4 is 4.74 Å². The highest BCUT2D eigenvalue weighted by atomic mass is 32.2. The van der Waals surface area contributed by atoms with Crippen LogP contribution in [0.3, 0.4) is 0 Å². The Hall–Kier alpha value is -1.44. The molecule has 1 heterocycles. The molecule has 120 valence electrons. The van der Waals surface area contributed by atoms with Gasteiger partial charge in [0.15, 0.2) is 9.84 Å². The summed E-state index contributed by atoms with van der Waals surface area (Å²) in [5.74, 6) is 0.618. The third kappa shape index (κ3) is 4.53. The molecule has 0 spiro atoms. The molecule has 1 aromatic carbocycles. The van der Waals surface area contributed by atoms with Crippen molar-refractivity contribution in [2.75, 3.05) is 26.5 Å². The minimum Gasteiger partial charge on any atom is -0.497 e. The van der Waals surface area contributed by atoms with E-state index in [1.165, 1.54) is 7.11 Å². The monoisotopic (exact) mass is 340 g/mol. The van der Waals surface area contributed by atoms with Crippen molar-refractivity contribution in [3.63, 3.8) is 0 Å². The molecule has 0 saturated heterocycles. The number of aromatic nitrogens is 1. The summed E-state index contributed by atoms with van der Waals surface area (Å²) in [4.78, 5) is 6.65.